The van der Waals surface area contributed by atoms with Crippen molar-refractivity contribution >= 4 is 16.8 Å². The average molecular weight is 242 g/mol. The summed E-state index contributed by atoms with van der Waals surface area (Å²) in [7, 11) is 0. The summed E-state index contributed by atoms with van der Waals surface area (Å²) in [4.78, 5) is 14.5. The van der Waals surface area contributed by atoms with E-state index in [4.69, 9.17) is 0 Å². The summed E-state index contributed by atoms with van der Waals surface area (Å²) in [6, 6.07) is 6.36. The molecule has 0 atom stereocenters. The number of H-pyrrole nitrogens is 1. The van der Waals surface area contributed by atoms with Crippen molar-refractivity contribution in [2.24, 2.45) is 0 Å². The third-order valence-corrected chi connectivity index (χ3v) is 2.93. The lowest BCUT2D eigenvalue weighted by atomic mass is 10.1. The molecule has 0 aliphatic carbocycles. The Hall–Kier alpha value is -2.03. The number of aryl methyl sites for hydroxylation is 1. The minimum atomic E-state index is -0.0338. The van der Waals surface area contributed by atoms with Gasteiger partial charge in [-0.3, -0.25) is 4.79 Å². The van der Waals surface area contributed by atoms with Gasteiger partial charge in [0.2, 0.25) is 5.91 Å². The second-order valence-corrected chi connectivity index (χ2v) is 4.40. The third-order valence-electron chi connectivity index (χ3n) is 2.93. The SMILES string of the molecule is CC=CC(=O)NCCc1c[nH]c2ccc(C)cc12. The largest absolute Gasteiger partial charge is 0.361 e. The molecule has 0 aliphatic heterocycles. The van der Waals surface area contributed by atoms with Crippen molar-refractivity contribution < 1.29 is 4.79 Å². The van der Waals surface area contributed by atoms with E-state index >= 15 is 0 Å². The first-order chi connectivity index (χ1) is 8.70. The van der Waals surface area contributed by atoms with E-state index in [0.717, 1.165) is 11.9 Å². The van der Waals surface area contributed by atoms with E-state index in [1.807, 2.05) is 13.1 Å². The van der Waals surface area contributed by atoms with Crippen molar-refractivity contribution in [2.75, 3.05) is 6.54 Å². The van der Waals surface area contributed by atoms with E-state index in [1.54, 1.807) is 12.2 Å². The maximum Gasteiger partial charge on any atom is 0.243 e. The molecule has 0 saturated carbocycles. The van der Waals surface area contributed by atoms with Crippen LogP contribution in [0.25, 0.3) is 10.9 Å². The zero-order chi connectivity index (χ0) is 13.0. The Labute approximate surface area is 107 Å². The number of benzene rings is 1. The molecule has 0 radical (unpaired) electrons. The Balaban J connectivity index is 2.04. The maximum atomic E-state index is 11.3. The molecule has 1 heterocycles. The van der Waals surface area contributed by atoms with Crippen molar-refractivity contribution in [3.63, 3.8) is 0 Å². The number of fused-ring (bicyclic) bond motifs is 1. The van der Waals surface area contributed by atoms with Crippen LogP contribution in [0.5, 0.6) is 0 Å². The standard InChI is InChI=1S/C15H18N2O/c1-3-4-15(18)16-8-7-12-10-17-14-6-5-11(2)9-13(12)14/h3-6,9-10,17H,7-8H2,1-2H3,(H,16,18). The Morgan fingerprint density at radius 3 is 3.06 bits per heavy atom. The second-order valence-electron chi connectivity index (χ2n) is 4.40. The summed E-state index contributed by atoms with van der Waals surface area (Å²) >= 11 is 0. The first kappa shape index (κ1) is 12.4. The van der Waals surface area contributed by atoms with Gasteiger partial charge >= 0.3 is 0 Å². The van der Waals surface area contributed by atoms with E-state index in [1.165, 1.54) is 16.5 Å². The van der Waals surface area contributed by atoms with Crippen LogP contribution in [0.2, 0.25) is 0 Å². The van der Waals surface area contributed by atoms with Gasteiger partial charge < -0.3 is 10.3 Å². The summed E-state index contributed by atoms with van der Waals surface area (Å²) in [5.74, 6) is -0.0338. The highest BCUT2D eigenvalue weighted by molar-refractivity contribution is 5.87. The Kier molecular flexibility index (Phi) is 3.82. The van der Waals surface area contributed by atoms with Crippen molar-refractivity contribution in [3.8, 4) is 0 Å². The van der Waals surface area contributed by atoms with Crippen LogP contribution in [0, 0.1) is 6.92 Å². The zero-order valence-corrected chi connectivity index (χ0v) is 10.8. The predicted molar refractivity (Wildman–Crippen MR) is 74.6 cm³/mol. The molecule has 1 aromatic carbocycles. The van der Waals surface area contributed by atoms with Gasteiger partial charge in [-0.05, 0) is 44.0 Å². The minimum absolute atomic E-state index is 0.0338. The fourth-order valence-corrected chi connectivity index (χ4v) is 2.03. The monoisotopic (exact) mass is 242 g/mol. The van der Waals surface area contributed by atoms with E-state index in [0.29, 0.717) is 6.54 Å². The highest BCUT2D eigenvalue weighted by Crippen LogP contribution is 2.19. The van der Waals surface area contributed by atoms with Crippen LogP contribution >= 0.6 is 0 Å². The fraction of sp³-hybridized carbons (Fsp3) is 0.267. The molecule has 0 bridgehead atoms. The summed E-state index contributed by atoms with van der Waals surface area (Å²) in [5, 5.41) is 4.11. The molecule has 2 aromatic rings. The molecule has 0 saturated heterocycles. The van der Waals surface area contributed by atoms with Gasteiger partial charge in [0.05, 0.1) is 0 Å². The molecule has 1 amide bonds. The first-order valence-electron chi connectivity index (χ1n) is 6.18. The highest BCUT2D eigenvalue weighted by atomic mass is 16.1. The summed E-state index contributed by atoms with van der Waals surface area (Å²) in [6.07, 6.45) is 6.14. The van der Waals surface area contributed by atoms with Gasteiger partial charge in [0.15, 0.2) is 0 Å². The third kappa shape index (κ3) is 2.80. The number of aromatic nitrogens is 1. The van der Waals surface area contributed by atoms with E-state index in [9.17, 15) is 4.79 Å². The van der Waals surface area contributed by atoms with E-state index < -0.39 is 0 Å². The molecular weight excluding hydrogens is 224 g/mol. The average Bonchev–Trinajstić information content (AvgIpc) is 2.72. The number of rotatable bonds is 4. The molecule has 18 heavy (non-hydrogen) atoms. The number of amides is 1. The fourth-order valence-electron chi connectivity index (χ4n) is 2.03. The molecule has 2 N–H and O–H groups in total. The first-order valence-corrected chi connectivity index (χ1v) is 6.18. The van der Waals surface area contributed by atoms with Gasteiger partial charge in [-0.1, -0.05) is 17.7 Å². The summed E-state index contributed by atoms with van der Waals surface area (Å²) in [5.41, 5.74) is 3.64. The zero-order valence-electron chi connectivity index (χ0n) is 10.8. The van der Waals surface area contributed by atoms with Gasteiger partial charge in [-0.2, -0.15) is 0 Å². The highest BCUT2D eigenvalue weighted by Gasteiger charge is 2.04. The predicted octanol–water partition coefficient (Wildman–Crippen LogP) is 2.71. The van der Waals surface area contributed by atoms with Crippen LogP contribution in [0.15, 0.2) is 36.5 Å². The molecule has 0 unspecified atom stereocenters. The van der Waals surface area contributed by atoms with Crippen molar-refractivity contribution in [3.05, 3.63) is 47.7 Å². The molecule has 1 aromatic heterocycles. The number of hydrogen-bond acceptors (Lipinski definition) is 1. The van der Waals surface area contributed by atoms with E-state index in [2.05, 4.69) is 35.4 Å². The number of carbonyl (C=O) groups excluding carboxylic acids is 1. The molecule has 0 fully saturated rings. The molecule has 0 aliphatic rings. The second kappa shape index (κ2) is 5.54. The smallest absolute Gasteiger partial charge is 0.243 e. The van der Waals surface area contributed by atoms with Crippen LogP contribution in [-0.4, -0.2) is 17.4 Å². The van der Waals surface area contributed by atoms with Gasteiger partial charge in [0, 0.05) is 23.6 Å². The lowest BCUT2D eigenvalue weighted by Crippen LogP contribution is -2.23. The number of allylic oxidation sites excluding steroid dienone is 1. The van der Waals surface area contributed by atoms with E-state index in [-0.39, 0.29) is 5.91 Å². The maximum absolute atomic E-state index is 11.3. The van der Waals surface area contributed by atoms with Crippen LogP contribution in [-0.2, 0) is 11.2 Å². The van der Waals surface area contributed by atoms with Crippen molar-refractivity contribution in [1.82, 2.24) is 10.3 Å². The molecule has 0 spiro atoms. The quantitative estimate of drug-likeness (QED) is 0.795. The Bertz CT molecular complexity index is 581. The van der Waals surface area contributed by atoms with Gasteiger partial charge in [0.1, 0.15) is 0 Å². The molecule has 2 rings (SSSR count). The lowest BCUT2D eigenvalue weighted by Gasteiger charge is -2.02. The van der Waals surface area contributed by atoms with Crippen LogP contribution < -0.4 is 5.32 Å². The number of aromatic amines is 1. The number of nitrogens with one attached hydrogen (secondary N) is 2. The van der Waals surface area contributed by atoms with Crippen molar-refractivity contribution in [1.29, 1.82) is 0 Å². The van der Waals surface area contributed by atoms with Gasteiger partial charge in [0.25, 0.3) is 0 Å². The molecule has 3 heteroatoms. The van der Waals surface area contributed by atoms with Crippen LogP contribution in [0.1, 0.15) is 18.1 Å². The summed E-state index contributed by atoms with van der Waals surface area (Å²) < 4.78 is 0. The van der Waals surface area contributed by atoms with Crippen molar-refractivity contribution in [2.45, 2.75) is 20.3 Å². The van der Waals surface area contributed by atoms with Crippen LogP contribution in [0.4, 0.5) is 0 Å². The Morgan fingerprint density at radius 1 is 1.44 bits per heavy atom. The number of hydrogen-bond donors (Lipinski definition) is 2. The van der Waals surface area contributed by atoms with Gasteiger partial charge in [-0.25, -0.2) is 0 Å². The topological polar surface area (TPSA) is 44.9 Å². The lowest BCUT2D eigenvalue weighted by molar-refractivity contribution is -0.116. The molecular formula is C15H18N2O. The molecule has 94 valence electrons. The molecule has 3 nitrogen and oxygen atoms in total. The van der Waals surface area contributed by atoms with Crippen LogP contribution in [0.3, 0.4) is 0 Å². The normalized spacial score (nSPS) is 11.2. The minimum Gasteiger partial charge on any atom is -0.361 e. The summed E-state index contributed by atoms with van der Waals surface area (Å²) in [6.45, 7) is 4.58. The van der Waals surface area contributed by atoms with Gasteiger partial charge in [-0.15, -0.1) is 0 Å². The number of carbonyl (C=O) groups is 1. The Morgan fingerprint density at radius 2 is 2.28 bits per heavy atom.